The van der Waals surface area contributed by atoms with E-state index in [1.54, 1.807) is 11.3 Å². The largest absolute Gasteiger partial charge is 0.297 e. The summed E-state index contributed by atoms with van der Waals surface area (Å²) in [6.45, 7) is 4.39. The van der Waals surface area contributed by atoms with Gasteiger partial charge in [0.15, 0.2) is 6.29 Å². The van der Waals surface area contributed by atoms with Crippen LogP contribution < -0.4 is 0 Å². The maximum Gasteiger partial charge on any atom is 0.160 e. The van der Waals surface area contributed by atoms with Crippen molar-refractivity contribution in [1.82, 2.24) is 0 Å². The van der Waals surface area contributed by atoms with Gasteiger partial charge in [-0.15, -0.1) is 22.7 Å². The van der Waals surface area contributed by atoms with E-state index in [1.165, 1.54) is 14.6 Å². The van der Waals surface area contributed by atoms with E-state index in [1.807, 2.05) is 23.5 Å². The molecule has 0 radical (unpaired) electrons. The minimum Gasteiger partial charge on any atom is -0.297 e. The normalized spacial score (nSPS) is 10.9. The van der Waals surface area contributed by atoms with Crippen molar-refractivity contribution >= 4 is 29.0 Å². The lowest BCUT2D eigenvalue weighted by molar-refractivity contribution is 0.112. The Morgan fingerprint density at radius 2 is 1.73 bits per heavy atom. The minimum absolute atomic E-state index is 0.578. The SMILES string of the molecule is CC(C)c1ccc(-c2ccc(C=O)s2)s1. The lowest BCUT2D eigenvalue weighted by atomic mass is 10.2. The molecule has 0 aliphatic carbocycles. The van der Waals surface area contributed by atoms with E-state index >= 15 is 0 Å². The third kappa shape index (κ3) is 2.19. The third-order valence-electron chi connectivity index (χ3n) is 2.18. The molecule has 0 aliphatic heterocycles. The van der Waals surface area contributed by atoms with Gasteiger partial charge >= 0.3 is 0 Å². The van der Waals surface area contributed by atoms with Crippen LogP contribution >= 0.6 is 22.7 Å². The van der Waals surface area contributed by atoms with Gasteiger partial charge in [-0.05, 0) is 30.2 Å². The van der Waals surface area contributed by atoms with Crippen LogP contribution in [0.15, 0.2) is 24.3 Å². The Morgan fingerprint density at radius 3 is 2.27 bits per heavy atom. The Balaban J connectivity index is 2.32. The van der Waals surface area contributed by atoms with Crippen LogP contribution in [0.25, 0.3) is 9.75 Å². The van der Waals surface area contributed by atoms with E-state index < -0.39 is 0 Å². The van der Waals surface area contributed by atoms with Gasteiger partial charge in [0.25, 0.3) is 0 Å². The monoisotopic (exact) mass is 236 g/mol. The van der Waals surface area contributed by atoms with Gasteiger partial charge in [0.2, 0.25) is 0 Å². The molecule has 2 aromatic heterocycles. The summed E-state index contributed by atoms with van der Waals surface area (Å²) < 4.78 is 0. The number of rotatable bonds is 3. The maximum atomic E-state index is 10.6. The zero-order valence-corrected chi connectivity index (χ0v) is 10.3. The fourth-order valence-corrected chi connectivity index (χ4v) is 3.27. The number of thiophene rings is 2. The van der Waals surface area contributed by atoms with Gasteiger partial charge in [0.05, 0.1) is 4.88 Å². The van der Waals surface area contributed by atoms with Crippen LogP contribution in [0, 0.1) is 0 Å². The van der Waals surface area contributed by atoms with Gasteiger partial charge in [-0.25, -0.2) is 0 Å². The molecular weight excluding hydrogens is 224 g/mol. The summed E-state index contributed by atoms with van der Waals surface area (Å²) in [5.74, 6) is 0.578. The first-order chi connectivity index (χ1) is 7.20. The Kier molecular flexibility index (Phi) is 3.03. The summed E-state index contributed by atoms with van der Waals surface area (Å²) in [5, 5.41) is 0. The first kappa shape index (κ1) is 10.6. The van der Waals surface area contributed by atoms with Crippen LogP contribution in [0.1, 0.15) is 34.3 Å². The molecule has 78 valence electrons. The first-order valence-corrected chi connectivity index (χ1v) is 6.49. The molecule has 0 N–H and O–H groups in total. The van der Waals surface area contributed by atoms with Crippen LogP contribution in [0.4, 0.5) is 0 Å². The highest BCUT2D eigenvalue weighted by atomic mass is 32.1. The fourth-order valence-electron chi connectivity index (χ4n) is 1.34. The molecule has 0 aliphatic rings. The highest BCUT2D eigenvalue weighted by Gasteiger charge is 2.07. The predicted molar refractivity (Wildman–Crippen MR) is 67.1 cm³/mol. The Bertz CT molecular complexity index is 465. The van der Waals surface area contributed by atoms with Crippen LogP contribution in [0.2, 0.25) is 0 Å². The average Bonchev–Trinajstić information content (AvgIpc) is 2.86. The zero-order chi connectivity index (χ0) is 10.8. The van der Waals surface area contributed by atoms with Gasteiger partial charge in [0, 0.05) is 14.6 Å². The van der Waals surface area contributed by atoms with Crippen molar-refractivity contribution in [2.45, 2.75) is 19.8 Å². The van der Waals surface area contributed by atoms with Crippen molar-refractivity contribution in [3.8, 4) is 9.75 Å². The summed E-state index contributed by atoms with van der Waals surface area (Å²) in [7, 11) is 0. The summed E-state index contributed by atoms with van der Waals surface area (Å²) >= 11 is 3.37. The molecular formula is C12H12OS2. The quantitative estimate of drug-likeness (QED) is 0.721. The first-order valence-electron chi connectivity index (χ1n) is 4.86. The van der Waals surface area contributed by atoms with Crippen molar-refractivity contribution in [3.63, 3.8) is 0 Å². The van der Waals surface area contributed by atoms with E-state index in [-0.39, 0.29) is 0 Å². The maximum absolute atomic E-state index is 10.6. The van der Waals surface area contributed by atoms with Crippen molar-refractivity contribution in [1.29, 1.82) is 0 Å². The van der Waals surface area contributed by atoms with Gasteiger partial charge in [0.1, 0.15) is 0 Å². The Hall–Kier alpha value is -0.930. The second-order valence-corrected chi connectivity index (χ2v) is 5.91. The number of aldehydes is 1. The smallest absolute Gasteiger partial charge is 0.160 e. The molecule has 0 amide bonds. The molecule has 0 atom stereocenters. The van der Waals surface area contributed by atoms with E-state index in [9.17, 15) is 4.79 Å². The summed E-state index contributed by atoms with van der Waals surface area (Å²) in [4.78, 5) is 15.2. The van der Waals surface area contributed by atoms with Gasteiger partial charge in [-0.2, -0.15) is 0 Å². The number of hydrogen-bond acceptors (Lipinski definition) is 3. The topological polar surface area (TPSA) is 17.1 Å². The molecule has 0 saturated heterocycles. The standard InChI is InChI=1S/C12H12OS2/c1-8(2)10-5-6-12(15-10)11-4-3-9(7-13)14-11/h3-8H,1-2H3. The highest BCUT2D eigenvalue weighted by molar-refractivity contribution is 7.22. The minimum atomic E-state index is 0.578. The zero-order valence-electron chi connectivity index (χ0n) is 8.69. The Labute approximate surface area is 97.4 Å². The van der Waals surface area contributed by atoms with Crippen LogP contribution in [0.3, 0.4) is 0 Å². The molecule has 2 heterocycles. The molecule has 1 nitrogen and oxygen atoms in total. The number of carbonyl (C=O) groups excluding carboxylic acids is 1. The van der Waals surface area contributed by atoms with Crippen molar-refractivity contribution in [3.05, 3.63) is 34.0 Å². The van der Waals surface area contributed by atoms with Crippen LogP contribution in [-0.4, -0.2) is 6.29 Å². The molecule has 3 heteroatoms. The summed E-state index contributed by atoms with van der Waals surface area (Å²) in [6.07, 6.45) is 0.908. The molecule has 0 spiro atoms. The molecule has 0 bridgehead atoms. The summed E-state index contributed by atoms with van der Waals surface area (Å²) in [5.41, 5.74) is 0. The molecule has 0 unspecified atom stereocenters. The molecule has 0 aromatic carbocycles. The van der Waals surface area contributed by atoms with Crippen molar-refractivity contribution < 1.29 is 4.79 Å². The van der Waals surface area contributed by atoms with E-state index in [2.05, 4.69) is 26.0 Å². The average molecular weight is 236 g/mol. The van der Waals surface area contributed by atoms with Gasteiger partial charge in [-0.3, -0.25) is 4.79 Å². The second kappa shape index (κ2) is 4.29. The lowest BCUT2D eigenvalue weighted by Crippen LogP contribution is -1.77. The van der Waals surface area contributed by atoms with E-state index in [0.717, 1.165) is 11.2 Å². The van der Waals surface area contributed by atoms with Crippen LogP contribution in [0.5, 0.6) is 0 Å². The Morgan fingerprint density at radius 1 is 1.07 bits per heavy atom. The number of hydrogen-bond donors (Lipinski definition) is 0. The number of carbonyl (C=O) groups is 1. The van der Waals surface area contributed by atoms with Crippen molar-refractivity contribution in [2.24, 2.45) is 0 Å². The third-order valence-corrected chi connectivity index (χ3v) is 4.77. The molecule has 2 aromatic rings. The van der Waals surface area contributed by atoms with Gasteiger partial charge in [-0.1, -0.05) is 13.8 Å². The van der Waals surface area contributed by atoms with Crippen molar-refractivity contribution in [2.75, 3.05) is 0 Å². The fraction of sp³-hybridized carbons (Fsp3) is 0.250. The molecule has 2 rings (SSSR count). The lowest BCUT2D eigenvalue weighted by Gasteiger charge is -1.97. The second-order valence-electron chi connectivity index (χ2n) is 3.68. The molecule has 15 heavy (non-hydrogen) atoms. The molecule has 0 saturated carbocycles. The highest BCUT2D eigenvalue weighted by Crippen LogP contribution is 2.35. The predicted octanol–water partition coefficient (Wildman–Crippen LogP) is 4.41. The van der Waals surface area contributed by atoms with Crippen LogP contribution in [-0.2, 0) is 0 Å². The molecule has 0 fully saturated rings. The van der Waals surface area contributed by atoms with Gasteiger partial charge < -0.3 is 0 Å². The van der Waals surface area contributed by atoms with E-state index in [4.69, 9.17) is 0 Å². The summed E-state index contributed by atoms with van der Waals surface area (Å²) in [6, 6.07) is 8.21. The van der Waals surface area contributed by atoms with E-state index in [0.29, 0.717) is 5.92 Å².